The molecule has 0 aromatic carbocycles. The fourth-order valence-electron chi connectivity index (χ4n) is 1.71. The number of halogens is 1. The Morgan fingerprint density at radius 1 is 1.60 bits per heavy atom. The molecule has 90 valence electrons. The maximum atomic E-state index is 11.6. The summed E-state index contributed by atoms with van der Waals surface area (Å²) in [4.78, 5) is 13.4. The predicted octanol–water partition coefficient (Wildman–Crippen LogP) is 0.655. The van der Waals surface area contributed by atoms with Gasteiger partial charge in [-0.15, -0.1) is 12.4 Å². The number of carbonyl (C=O) groups is 1. The molecule has 1 aliphatic rings. The van der Waals surface area contributed by atoms with Gasteiger partial charge in [0.05, 0.1) is 19.3 Å². The number of nitrogens with zero attached hydrogens (tertiary/aromatic N) is 1. The quantitative estimate of drug-likeness (QED) is 0.780. The number of morpholine rings is 1. The zero-order chi connectivity index (χ0) is 10.4. The highest BCUT2D eigenvalue weighted by Crippen LogP contribution is 2.10. The number of likely N-dealkylation sites (N-methyl/N-ethyl adjacent to an activating group) is 1. The monoisotopic (exact) mass is 236 g/mol. The topological polar surface area (TPSA) is 41.6 Å². The lowest BCUT2D eigenvalue weighted by molar-refractivity contribution is -0.137. The van der Waals surface area contributed by atoms with Crippen molar-refractivity contribution in [2.45, 2.75) is 25.9 Å². The van der Waals surface area contributed by atoms with Crippen LogP contribution in [0.3, 0.4) is 0 Å². The zero-order valence-electron chi connectivity index (χ0n) is 9.49. The number of hydrogen-bond donors (Lipinski definition) is 1. The number of ether oxygens (including phenoxy) is 1. The summed E-state index contributed by atoms with van der Waals surface area (Å²) in [6.07, 6.45) is 2.40. The van der Waals surface area contributed by atoms with E-state index in [4.69, 9.17) is 4.74 Å². The summed E-state index contributed by atoms with van der Waals surface area (Å²) in [6.45, 7) is 4.74. The lowest BCUT2D eigenvalue weighted by Crippen LogP contribution is -2.48. The highest BCUT2D eigenvalue weighted by molar-refractivity contribution is 5.85. The predicted molar refractivity (Wildman–Crippen MR) is 62.4 cm³/mol. The Bertz CT molecular complexity index is 188. The van der Waals surface area contributed by atoms with Crippen LogP contribution < -0.4 is 5.32 Å². The number of hydrogen-bond acceptors (Lipinski definition) is 3. The molecule has 0 aliphatic carbocycles. The molecule has 0 radical (unpaired) electrons. The van der Waals surface area contributed by atoms with Gasteiger partial charge in [0, 0.05) is 13.1 Å². The van der Waals surface area contributed by atoms with E-state index in [1.165, 1.54) is 0 Å². The Hall–Kier alpha value is -0.320. The Kier molecular flexibility index (Phi) is 7.74. The van der Waals surface area contributed by atoms with Crippen molar-refractivity contribution in [3.05, 3.63) is 0 Å². The maximum absolute atomic E-state index is 11.6. The van der Waals surface area contributed by atoms with E-state index in [1.807, 2.05) is 4.90 Å². The first-order valence-electron chi connectivity index (χ1n) is 5.32. The van der Waals surface area contributed by atoms with Crippen molar-refractivity contribution in [3.8, 4) is 0 Å². The number of amides is 1. The van der Waals surface area contributed by atoms with Crippen molar-refractivity contribution in [2.75, 3.05) is 33.3 Å². The van der Waals surface area contributed by atoms with E-state index in [1.54, 1.807) is 7.05 Å². The first-order chi connectivity index (χ1) is 6.77. The summed E-state index contributed by atoms with van der Waals surface area (Å²) in [7, 11) is 1.79. The fourth-order valence-corrected chi connectivity index (χ4v) is 1.71. The number of rotatable bonds is 4. The van der Waals surface area contributed by atoms with E-state index in [9.17, 15) is 4.79 Å². The lowest BCUT2D eigenvalue weighted by atomic mass is 10.1. The van der Waals surface area contributed by atoms with Crippen molar-refractivity contribution in [3.63, 3.8) is 0 Å². The van der Waals surface area contributed by atoms with Gasteiger partial charge in [0.2, 0.25) is 5.91 Å². The minimum absolute atomic E-state index is 0. The van der Waals surface area contributed by atoms with E-state index in [2.05, 4.69) is 12.2 Å². The van der Waals surface area contributed by atoms with Crippen molar-refractivity contribution >= 4 is 18.3 Å². The summed E-state index contributed by atoms with van der Waals surface area (Å²) in [5.41, 5.74) is 0. The van der Waals surface area contributed by atoms with Crippen LogP contribution in [0, 0.1) is 0 Å². The standard InChI is InChI=1S/C10H20N2O2.ClH/c1-3-4-9-8-12(5-6-14-9)10(13)7-11-2;/h9,11H,3-8H2,1-2H3;1H. The molecule has 1 rings (SSSR count). The zero-order valence-corrected chi connectivity index (χ0v) is 10.3. The van der Waals surface area contributed by atoms with Gasteiger partial charge >= 0.3 is 0 Å². The van der Waals surface area contributed by atoms with Crippen molar-refractivity contribution < 1.29 is 9.53 Å². The minimum Gasteiger partial charge on any atom is -0.375 e. The van der Waals surface area contributed by atoms with Crippen LogP contribution in [0.1, 0.15) is 19.8 Å². The molecule has 1 saturated heterocycles. The van der Waals surface area contributed by atoms with Gasteiger partial charge < -0.3 is 15.0 Å². The van der Waals surface area contributed by atoms with E-state index in [0.29, 0.717) is 13.2 Å². The first-order valence-corrected chi connectivity index (χ1v) is 5.32. The van der Waals surface area contributed by atoms with Gasteiger partial charge in [0.15, 0.2) is 0 Å². The first kappa shape index (κ1) is 14.7. The molecule has 1 unspecified atom stereocenters. The van der Waals surface area contributed by atoms with Crippen LogP contribution in [0.2, 0.25) is 0 Å². The normalized spacial score (nSPS) is 20.9. The van der Waals surface area contributed by atoms with Gasteiger partial charge in [-0.25, -0.2) is 0 Å². The van der Waals surface area contributed by atoms with E-state index < -0.39 is 0 Å². The molecule has 1 aliphatic heterocycles. The molecule has 1 fully saturated rings. The molecule has 1 N–H and O–H groups in total. The van der Waals surface area contributed by atoms with Crippen LogP contribution in [-0.2, 0) is 9.53 Å². The molecule has 0 bridgehead atoms. The van der Waals surface area contributed by atoms with E-state index in [0.717, 1.165) is 25.9 Å². The summed E-state index contributed by atoms with van der Waals surface area (Å²) in [5.74, 6) is 0.178. The van der Waals surface area contributed by atoms with Gasteiger partial charge in [-0.1, -0.05) is 13.3 Å². The third-order valence-corrected chi connectivity index (χ3v) is 2.43. The van der Waals surface area contributed by atoms with Gasteiger partial charge in [-0.2, -0.15) is 0 Å². The second kappa shape index (κ2) is 7.91. The third kappa shape index (κ3) is 4.82. The van der Waals surface area contributed by atoms with Crippen LogP contribution in [0.15, 0.2) is 0 Å². The minimum atomic E-state index is 0. The summed E-state index contributed by atoms with van der Waals surface area (Å²) >= 11 is 0. The van der Waals surface area contributed by atoms with Gasteiger partial charge in [-0.05, 0) is 13.5 Å². The van der Waals surface area contributed by atoms with Crippen LogP contribution in [0.25, 0.3) is 0 Å². The van der Waals surface area contributed by atoms with Crippen LogP contribution in [0.4, 0.5) is 0 Å². The molecule has 1 amide bonds. The highest BCUT2D eigenvalue weighted by Gasteiger charge is 2.22. The summed E-state index contributed by atoms with van der Waals surface area (Å²) < 4.78 is 5.56. The molecule has 5 heteroatoms. The molecule has 0 aromatic rings. The van der Waals surface area contributed by atoms with Crippen molar-refractivity contribution in [1.29, 1.82) is 0 Å². The van der Waals surface area contributed by atoms with Gasteiger partial charge in [-0.3, -0.25) is 4.79 Å². The van der Waals surface area contributed by atoms with Gasteiger partial charge in [0.25, 0.3) is 0 Å². The summed E-state index contributed by atoms with van der Waals surface area (Å²) in [5, 5.41) is 2.88. The SMILES string of the molecule is CCCC1CN(C(=O)CNC)CCO1.Cl. The third-order valence-electron chi connectivity index (χ3n) is 2.43. The Morgan fingerprint density at radius 2 is 2.33 bits per heavy atom. The molecule has 15 heavy (non-hydrogen) atoms. The molecular weight excluding hydrogens is 216 g/mol. The Morgan fingerprint density at radius 3 is 2.93 bits per heavy atom. The maximum Gasteiger partial charge on any atom is 0.236 e. The molecule has 0 spiro atoms. The largest absolute Gasteiger partial charge is 0.375 e. The number of nitrogens with one attached hydrogen (secondary N) is 1. The molecule has 1 heterocycles. The summed E-state index contributed by atoms with van der Waals surface area (Å²) in [6, 6.07) is 0. The number of carbonyl (C=O) groups excluding carboxylic acids is 1. The smallest absolute Gasteiger partial charge is 0.236 e. The van der Waals surface area contributed by atoms with Crippen LogP contribution in [0.5, 0.6) is 0 Å². The van der Waals surface area contributed by atoms with Crippen LogP contribution in [-0.4, -0.2) is 50.2 Å². The molecule has 4 nitrogen and oxygen atoms in total. The molecular formula is C10H21ClN2O2. The average molecular weight is 237 g/mol. The van der Waals surface area contributed by atoms with Gasteiger partial charge in [0.1, 0.15) is 0 Å². The fraction of sp³-hybridized carbons (Fsp3) is 0.900. The van der Waals surface area contributed by atoms with Crippen molar-refractivity contribution in [2.24, 2.45) is 0 Å². The van der Waals surface area contributed by atoms with E-state index >= 15 is 0 Å². The average Bonchev–Trinajstić information content (AvgIpc) is 2.19. The Balaban J connectivity index is 0.00000196. The lowest BCUT2D eigenvalue weighted by Gasteiger charge is -2.32. The Labute approximate surface area is 97.8 Å². The molecule has 0 aromatic heterocycles. The molecule has 0 saturated carbocycles. The van der Waals surface area contributed by atoms with E-state index in [-0.39, 0.29) is 24.4 Å². The van der Waals surface area contributed by atoms with Crippen LogP contribution >= 0.6 is 12.4 Å². The van der Waals surface area contributed by atoms with Crippen molar-refractivity contribution in [1.82, 2.24) is 10.2 Å². The highest BCUT2D eigenvalue weighted by atomic mass is 35.5. The second-order valence-electron chi connectivity index (χ2n) is 3.65. The molecule has 1 atom stereocenters. The second-order valence-corrected chi connectivity index (χ2v) is 3.65.